The lowest BCUT2D eigenvalue weighted by Gasteiger charge is -2.11. The molecule has 11 nitrogen and oxygen atoms in total. The van der Waals surface area contributed by atoms with Crippen LogP contribution in [0.2, 0.25) is 0 Å². The Kier molecular flexibility index (Phi) is 7.38. The number of carbonyl (C=O) groups excluding carboxylic acids is 1. The molecule has 0 aliphatic rings. The fourth-order valence-corrected chi connectivity index (χ4v) is 4.41. The second-order valence-corrected chi connectivity index (χ2v) is 10.8. The first kappa shape index (κ1) is 27.7. The van der Waals surface area contributed by atoms with Crippen LogP contribution in [0.4, 0.5) is 4.79 Å². The molecule has 3 heterocycles. The number of hydrogen-bond donors (Lipinski definition) is 3. The first-order valence-corrected chi connectivity index (χ1v) is 13.1. The Bertz CT molecular complexity index is 1750. The lowest BCUT2D eigenvalue weighted by Crippen LogP contribution is -2.24. The fourth-order valence-electron chi connectivity index (χ4n) is 4.41. The van der Waals surface area contributed by atoms with E-state index in [-0.39, 0.29) is 30.1 Å². The maximum absolute atomic E-state index is 12.6. The molecule has 3 aromatic heterocycles. The molecule has 41 heavy (non-hydrogen) atoms. The van der Waals surface area contributed by atoms with Crippen LogP contribution in [-0.4, -0.2) is 53.7 Å². The molecular formula is C30H30N6O5. The highest BCUT2D eigenvalue weighted by Gasteiger charge is 2.24. The van der Waals surface area contributed by atoms with Crippen molar-refractivity contribution in [1.29, 1.82) is 0 Å². The van der Waals surface area contributed by atoms with Crippen molar-refractivity contribution in [2.45, 2.75) is 46.1 Å². The summed E-state index contributed by atoms with van der Waals surface area (Å²) in [6.45, 7) is 8.01. The molecule has 0 saturated carbocycles. The van der Waals surface area contributed by atoms with Gasteiger partial charge in [-0.15, -0.1) is 4.68 Å². The van der Waals surface area contributed by atoms with E-state index in [1.54, 1.807) is 6.20 Å². The quantitative estimate of drug-likeness (QED) is 0.258. The van der Waals surface area contributed by atoms with E-state index >= 15 is 0 Å². The molecule has 1 amide bonds. The third-order valence-corrected chi connectivity index (χ3v) is 6.74. The number of aryl methyl sites for hydroxylation is 1. The number of benzene rings is 2. The average molecular weight is 555 g/mol. The molecule has 0 saturated heterocycles. The summed E-state index contributed by atoms with van der Waals surface area (Å²) >= 11 is 0. The molecule has 0 aliphatic heterocycles. The Morgan fingerprint density at radius 1 is 1.02 bits per heavy atom. The standard InChI is InChI=1S/C30H30N6O5/c1-17-13-20(9-10-21(17)15-32-26(38)27-33-28(35-41-27)30(2,3)4)24-23-14-22(16-31-25(23)36(34-24)29(39)40)19-7-5-18(6-8-19)11-12-37/h5-10,13-14,16,37H,11-12,15H2,1-4H3,(H,32,38)(H,39,40). The Morgan fingerprint density at radius 2 is 1.76 bits per heavy atom. The van der Waals surface area contributed by atoms with Crippen molar-refractivity contribution in [3.63, 3.8) is 0 Å². The summed E-state index contributed by atoms with van der Waals surface area (Å²) in [5.74, 6) is -0.112. The number of hydrogen-bond acceptors (Lipinski definition) is 8. The number of carboxylic acid groups (broad SMARTS) is 1. The summed E-state index contributed by atoms with van der Waals surface area (Å²) < 4.78 is 6.00. The summed E-state index contributed by atoms with van der Waals surface area (Å²) in [7, 11) is 0. The Hall–Kier alpha value is -4.90. The number of nitrogens with one attached hydrogen (secondary N) is 1. The fraction of sp³-hybridized carbons (Fsp3) is 0.267. The van der Waals surface area contributed by atoms with Crippen molar-refractivity contribution in [2.24, 2.45) is 0 Å². The minimum atomic E-state index is -1.23. The second kappa shape index (κ2) is 10.9. The van der Waals surface area contributed by atoms with E-state index in [0.717, 1.165) is 32.5 Å². The third kappa shape index (κ3) is 5.71. The normalized spacial score (nSPS) is 11.6. The van der Waals surface area contributed by atoms with E-state index in [1.165, 1.54) is 0 Å². The Morgan fingerprint density at radius 3 is 2.39 bits per heavy atom. The highest BCUT2D eigenvalue weighted by Crippen LogP contribution is 2.32. The molecule has 3 N–H and O–H groups in total. The lowest BCUT2D eigenvalue weighted by atomic mass is 9.96. The van der Waals surface area contributed by atoms with E-state index in [4.69, 9.17) is 4.52 Å². The molecule has 0 atom stereocenters. The van der Waals surface area contributed by atoms with Gasteiger partial charge in [0.1, 0.15) is 5.69 Å². The highest BCUT2D eigenvalue weighted by molar-refractivity contribution is 5.97. The van der Waals surface area contributed by atoms with Gasteiger partial charge in [-0.3, -0.25) is 4.79 Å². The number of carbonyl (C=O) groups is 2. The van der Waals surface area contributed by atoms with Gasteiger partial charge in [0.05, 0.1) is 0 Å². The summed E-state index contributed by atoms with van der Waals surface area (Å²) in [5, 5.41) is 30.6. The molecule has 0 radical (unpaired) electrons. The molecule has 0 unspecified atom stereocenters. The minimum absolute atomic E-state index is 0.0755. The number of pyridine rings is 1. The van der Waals surface area contributed by atoms with Crippen molar-refractivity contribution in [1.82, 2.24) is 30.2 Å². The zero-order chi connectivity index (χ0) is 29.3. The van der Waals surface area contributed by atoms with Crippen LogP contribution in [-0.2, 0) is 18.4 Å². The summed E-state index contributed by atoms with van der Waals surface area (Å²) in [5.41, 5.74) is 5.57. The molecule has 0 spiro atoms. The monoisotopic (exact) mass is 554 g/mol. The van der Waals surface area contributed by atoms with Gasteiger partial charge in [0.2, 0.25) is 0 Å². The molecular weight excluding hydrogens is 524 g/mol. The van der Waals surface area contributed by atoms with Crippen molar-refractivity contribution in [2.75, 3.05) is 6.61 Å². The maximum atomic E-state index is 12.6. The van der Waals surface area contributed by atoms with Crippen LogP contribution in [0, 0.1) is 6.92 Å². The van der Waals surface area contributed by atoms with Crippen LogP contribution in [0.15, 0.2) is 59.3 Å². The van der Waals surface area contributed by atoms with E-state index < -0.39 is 12.0 Å². The molecule has 5 rings (SSSR count). The van der Waals surface area contributed by atoms with Gasteiger partial charge in [0, 0.05) is 41.3 Å². The van der Waals surface area contributed by atoms with Crippen molar-refractivity contribution >= 4 is 23.0 Å². The van der Waals surface area contributed by atoms with Gasteiger partial charge in [0.25, 0.3) is 0 Å². The zero-order valence-electron chi connectivity index (χ0n) is 23.2. The number of aliphatic hydroxyl groups is 1. The van der Waals surface area contributed by atoms with Crippen molar-refractivity contribution < 1.29 is 24.3 Å². The number of nitrogens with zero attached hydrogens (tertiary/aromatic N) is 5. The number of rotatable bonds is 7. The van der Waals surface area contributed by atoms with Gasteiger partial charge >= 0.3 is 17.9 Å². The van der Waals surface area contributed by atoms with Crippen LogP contribution in [0.25, 0.3) is 33.4 Å². The lowest BCUT2D eigenvalue weighted by molar-refractivity contribution is 0.0906. The number of amides is 1. The molecule has 5 aromatic rings. The number of aliphatic hydroxyl groups excluding tert-OH is 1. The van der Waals surface area contributed by atoms with Gasteiger partial charge < -0.3 is 20.1 Å². The van der Waals surface area contributed by atoms with Gasteiger partial charge in [-0.2, -0.15) is 10.1 Å². The summed E-state index contributed by atoms with van der Waals surface area (Å²) in [6, 6.07) is 15.3. The Labute approximate surface area is 235 Å². The van der Waals surface area contributed by atoms with E-state index in [1.807, 2.05) is 76.2 Å². The van der Waals surface area contributed by atoms with Crippen LogP contribution in [0.1, 0.15) is 54.0 Å². The molecule has 0 fully saturated rings. The topological polar surface area (TPSA) is 156 Å². The summed E-state index contributed by atoms with van der Waals surface area (Å²) in [4.78, 5) is 33.1. The first-order valence-electron chi connectivity index (χ1n) is 13.1. The van der Waals surface area contributed by atoms with Crippen molar-refractivity contribution in [3.8, 4) is 22.4 Å². The first-order chi connectivity index (χ1) is 19.5. The minimum Gasteiger partial charge on any atom is -0.463 e. The smallest absolute Gasteiger partial charge is 0.434 e. The Balaban J connectivity index is 1.42. The largest absolute Gasteiger partial charge is 0.463 e. The van der Waals surface area contributed by atoms with Crippen LogP contribution >= 0.6 is 0 Å². The molecule has 210 valence electrons. The molecule has 0 bridgehead atoms. The second-order valence-electron chi connectivity index (χ2n) is 10.8. The molecule has 2 aromatic carbocycles. The van der Waals surface area contributed by atoms with E-state index in [0.29, 0.717) is 28.9 Å². The van der Waals surface area contributed by atoms with Crippen LogP contribution in [0.5, 0.6) is 0 Å². The van der Waals surface area contributed by atoms with Gasteiger partial charge in [-0.1, -0.05) is 62.3 Å². The highest BCUT2D eigenvalue weighted by atomic mass is 16.5. The zero-order valence-corrected chi connectivity index (χ0v) is 23.2. The maximum Gasteiger partial charge on any atom is 0.434 e. The van der Waals surface area contributed by atoms with Crippen molar-refractivity contribution in [3.05, 3.63) is 83.1 Å². The number of fused-ring (bicyclic) bond motifs is 1. The summed E-state index contributed by atoms with van der Waals surface area (Å²) in [6.07, 6.45) is 0.960. The SMILES string of the molecule is Cc1cc(-c2nn(C(=O)O)c3ncc(-c4ccc(CCO)cc4)cc23)ccc1CNC(=O)c1nc(C(C)(C)C)no1. The van der Waals surface area contributed by atoms with Crippen LogP contribution < -0.4 is 5.32 Å². The molecule has 11 heteroatoms. The average Bonchev–Trinajstić information content (AvgIpc) is 3.59. The number of aromatic nitrogens is 5. The predicted octanol–water partition coefficient (Wildman–Crippen LogP) is 4.75. The van der Waals surface area contributed by atoms with E-state index in [2.05, 4.69) is 25.5 Å². The van der Waals surface area contributed by atoms with Gasteiger partial charge in [-0.05, 0) is 47.7 Å². The van der Waals surface area contributed by atoms with Gasteiger partial charge in [0.15, 0.2) is 11.5 Å². The van der Waals surface area contributed by atoms with Gasteiger partial charge in [-0.25, -0.2) is 9.78 Å². The van der Waals surface area contributed by atoms with E-state index in [9.17, 15) is 19.8 Å². The third-order valence-electron chi connectivity index (χ3n) is 6.74. The van der Waals surface area contributed by atoms with Crippen LogP contribution in [0.3, 0.4) is 0 Å². The molecule has 0 aliphatic carbocycles. The predicted molar refractivity (Wildman–Crippen MR) is 152 cm³/mol.